The van der Waals surface area contributed by atoms with Crippen LogP contribution in [0.4, 0.5) is 5.95 Å². The van der Waals surface area contributed by atoms with Gasteiger partial charge in [0.2, 0.25) is 5.95 Å². The maximum absolute atomic E-state index is 11.4. The molecule has 0 unspecified atom stereocenters. The van der Waals surface area contributed by atoms with Crippen LogP contribution >= 0.6 is 23.5 Å². The molecule has 1 heterocycles. The predicted octanol–water partition coefficient (Wildman–Crippen LogP) is 4.11. The van der Waals surface area contributed by atoms with Crippen molar-refractivity contribution < 1.29 is 9.53 Å². The number of hydrogen-bond acceptors (Lipinski definition) is 7. The van der Waals surface area contributed by atoms with E-state index in [2.05, 4.69) is 18.8 Å². The highest BCUT2D eigenvalue weighted by molar-refractivity contribution is 8.00. The van der Waals surface area contributed by atoms with Gasteiger partial charge in [-0.25, -0.2) is 4.79 Å². The first kappa shape index (κ1) is 15.5. The molecule has 0 amide bonds. The molecule has 3 rings (SSSR count). The second-order valence-corrected chi connectivity index (χ2v) is 6.14. The number of rotatable bonds is 5. The zero-order chi connectivity index (χ0) is 16.1. The Hall–Kier alpha value is -2.38. The molecule has 5 nitrogen and oxygen atoms in total. The van der Waals surface area contributed by atoms with Crippen molar-refractivity contribution in [3.05, 3.63) is 60.2 Å². The molecule has 2 aromatic carbocycles. The van der Waals surface area contributed by atoms with Crippen molar-refractivity contribution in [3.63, 3.8) is 0 Å². The Bertz CT molecular complexity index is 789. The highest BCUT2D eigenvalue weighted by Gasteiger charge is 2.07. The Morgan fingerprint density at radius 1 is 1.13 bits per heavy atom. The standard InChI is InChI=1S/C16H13N3O2S2/c1-21-15(20)12-7-9-13(10-8-12)22-18-16-17-14(23-19-16)11-5-3-2-4-6-11/h2-10H,1H3,(H,18,19). The first-order valence-electron chi connectivity index (χ1n) is 6.76. The molecule has 0 aliphatic carbocycles. The van der Waals surface area contributed by atoms with Crippen molar-refractivity contribution >= 4 is 35.4 Å². The van der Waals surface area contributed by atoms with Gasteiger partial charge in [-0.1, -0.05) is 30.3 Å². The average Bonchev–Trinajstić information content (AvgIpc) is 3.09. The second-order valence-electron chi connectivity index (χ2n) is 4.51. The molecule has 0 fully saturated rings. The van der Waals surface area contributed by atoms with E-state index in [9.17, 15) is 4.79 Å². The van der Waals surface area contributed by atoms with E-state index in [1.54, 1.807) is 12.1 Å². The summed E-state index contributed by atoms with van der Waals surface area (Å²) in [5.41, 5.74) is 1.57. The number of esters is 1. The number of anilines is 1. The Morgan fingerprint density at radius 2 is 1.87 bits per heavy atom. The normalized spacial score (nSPS) is 10.3. The van der Waals surface area contributed by atoms with Gasteiger partial charge in [0.05, 0.1) is 12.7 Å². The zero-order valence-electron chi connectivity index (χ0n) is 12.2. The number of methoxy groups -OCH3 is 1. The summed E-state index contributed by atoms with van der Waals surface area (Å²) in [4.78, 5) is 16.8. The molecule has 0 bridgehead atoms. The van der Waals surface area contributed by atoms with Crippen molar-refractivity contribution in [2.24, 2.45) is 0 Å². The third-order valence-electron chi connectivity index (χ3n) is 2.98. The summed E-state index contributed by atoms with van der Waals surface area (Å²) >= 11 is 2.74. The number of aromatic nitrogens is 2. The molecule has 0 saturated carbocycles. The minimum absolute atomic E-state index is 0.344. The van der Waals surface area contributed by atoms with Gasteiger partial charge in [-0.15, -0.1) is 0 Å². The fraction of sp³-hybridized carbons (Fsp3) is 0.0625. The van der Waals surface area contributed by atoms with Crippen molar-refractivity contribution in [1.82, 2.24) is 9.36 Å². The average molecular weight is 343 g/mol. The number of hydrogen-bond donors (Lipinski definition) is 1. The van der Waals surface area contributed by atoms with Crippen molar-refractivity contribution in [2.45, 2.75) is 4.90 Å². The molecule has 0 aliphatic heterocycles. The topological polar surface area (TPSA) is 64.1 Å². The molecule has 0 aliphatic rings. The highest BCUT2D eigenvalue weighted by Crippen LogP contribution is 2.25. The van der Waals surface area contributed by atoms with Crippen LogP contribution < -0.4 is 4.72 Å². The van der Waals surface area contributed by atoms with E-state index in [1.165, 1.54) is 30.6 Å². The molecule has 0 radical (unpaired) electrons. The zero-order valence-corrected chi connectivity index (χ0v) is 13.9. The lowest BCUT2D eigenvalue weighted by atomic mass is 10.2. The van der Waals surface area contributed by atoms with Gasteiger partial charge in [0.1, 0.15) is 5.01 Å². The quantitative estimate of drug-likeness (QED) is 0.555. The molecule has 0 spiro atoms. The second kappa shape index (κ2) is 7.26. The first-order valence-corrected chi connectivity index (χ1v) is 8.35. The molecular weight excluding hydrogens is 330 g/mol. The SMILES string of the molecule is COC(=O)c1ccc(SNc2nsc(-c3ccccc3)n2)cc1. The Balaban J connectivity index is 1.63. The lowest BCUT2D eigenvalue weighted by Gasteiger charge is -2.02. The van der Waals surface area contributed by atoms with Crippen LogP contribution in [0.2, 0.25) is 0 Å². The maximum Gasteiger partial charge on any atom is 0.337 e. The molecule has 23 heavy (non-hydrogen) atoms. The van der Waals surface area contributed by atoms with E-state index in [-0.39, 0.29) is 5.97 Å². The first-order chi connectivity index (χ1) is 11.3. The summed E-state index contributed by atoms with van der Waals surface area (Å²) in [6.07, 6.45) is 0. The largest absolute Gasteiger partial charge is 0.465 e. The fourth-order valence-corrected chi connectivity index (χ4v) is 3.10. The van der Waals surface area contributed by atoms with Gasteiger partial charge in [-0.2, -0.15) is 9.36 Å². The van der Waals surface area contributed by atoms with Gasteiger partial charge < -0.3 is 4.74 Å². The van der Waals surface area contributed by atoms with Crippen LogP contribution in [0.1, 0.15) is 10.4 Å². The van der Waals surface area contributed by atoms with E-state index in [4.69, 9.17) is 0 Å². The predicted molar refractivity (Wildman–Crippen MR) is 92.6 cm³/mol. The Kier molecular flexibility index (Phi) is 4.89. The van der Waals surface area contributed by atoms with E-state index >= 15 is 0 Å². The lowest BCUT2D eigenvalue weighted by molar-refractivity contribution is 0.0600. The fourth-order valence-electron chi connectivity index (χ4n) is 1.84. The molecule has 0 atom stereocenters. The summed E-state index contributed by atoms with van der Waals surface area (Å²) in [6.45, 7) is 0. The summed E-state index contributed by atoms with van der Waals surface area (Å²) in [7, 11) is 1.37. The van der Waals surface area contributed by atoms with Crippen LogP contribution in [0.3, 0.4) is 0 Å². The van der Waals surface area contributed by atoms with E-state index in [0.29, 0.717) is 11.5 Å². The molecule has 0 saturated heterocycles. The third kappa shape index (κ3) is 3.88. The minimum Gasteiger partial charge on any atom is -0.465 e. The van der Waals surface area contributed by atoms with E-state index in [1.807, 2.05) is 42.5 Å². The van der Waals surface area contributed by atoms with Gasteiger partial charge in [0.25, 0.3) is 0 Å². The molecule has 116 valence electrons. The van der Waals surface area contributed by atoms with Crippen LogP contribution in [0.15, 0.2) is 59.5 Å². The highest BCUT2D eigenvalue weighted by atomic mass is 32.2. The number of carbonyl (C=O) groups excluding carboxylic acids is 1. The third-order valence-corrected chi connectivity index (χ3v) is 4.54. The van der Waals surface area contributed by atoms with Gasteiger partial charge in [0.15, 0.2) is 0 Å². The van der Waals surface area contributed by atoms with Crippen molar-refractivity contribution in [1.29, 1.82) is 0 Å². The smallest absolute Gasteiger partial charge is 0.337 e. The summed E-state index contributed by atoms with van der Waals surface area (Å²) in [6, 6.07) is 17.1. The van der Waals surface area contributed by atoms with Crippen molar-refractivity contribution in [3.8, 4) is 10.6 Å². The molecule has 7 heteroatoms. The minimum atomic E-state index is -0.344. The van der Waals surface area contributed by atoms with Crippen LogP contribution in [0.5, 0.6) is 0 Å². The van der Waals surface area contributed by atoms with Gasteiger partial charge in [-0.05, 0) is 47.7 Å². The number of ether oxygens (including phenoxy) is 1. The Morgan fingerprint density at radius 3 is 2.57 bits per heavy atom. The van der Waals surface area contributed by atoms with E-state index in [0.717, 1.165) is 15.5 Å². The molecule has 1 N–H and O–H groups in total. The van der Waals surface area contributed by atoms with Gasteiger partial charge in [0, 0.05) is 10.5 Å². The number of carbonyl (C=O) groups is 1. The van der Waals surface area contributed by atoms with Crippen LogP contribution in [0.25, 0.3) is 10.6 Å². The summed E-state index contributed by atoms with van der Waals surface area (Å²) in [5, 5.41) is 0.870. The van der Waals surface area contributed by atoms with Crippen LogP contribution in [-0.2, 0) is 4.74 Å². The van der Waals surface area contributed by atoms with Gasteiger partial charge in [-0.3, -0.25) is 4.72 Å². The molecule has 1 aromatic heterocycles. The number of nitrogens with one attached hydrogen (secondary N) is 1. The summed E-state index contributed by atoms with van der Waals surface area (Å²) < 4.78 is 12.1. The van der Waals surface area contributed by atoms with Crippen molar-refractivity contribution in [2.75, 3.05) is 11.8 Å². The lowest BCUT2D eigenvalue weighted by Crippen LogP contribution is -2.00. The number of nitrogens with zero attached hydrogens (tertiary/aromatic N) is 2. The molecule has 3 aromatic rings. The maximum atomic E-state index is 11.4. The summed E-state index contributed by atoms with van der Waals surface area (Å²) in [5.74, 6) is 0.221. The Labute approximate surface area is 142 Å². The van der Waals surface area contributed by atoms with Gasteiger partial charge >= 0.3 is 5.97 Å². The monoisotopic (exact) mass is 343 g/mol. The molecular formula is C16H13N3O2S2. The van der Waals surface area contributed by atoms with E-state index < -0.39 is 0 Å². The number of benzene rings is 2. The van der Waals surface area contributed by atoms with Crippen LogP contribution in [0, 0.1) is 0 Å². The van der Waals surface area contributed by atoms with Crippen LogP contribution in [-0.4, -0.2) is 22.4 Å².